The molecule has 1 fully saturated rings. The number of ether oxygens (including phenoxy) is 1. The molecular formula is C18H26N2O4. The molecule has 132 valence electrons. The first-order chi connectivity index (χ1) is 11.1. The summed E-state index contributed by atoms with van der Waals surface area (Å²) in [5.74, 6) is 0. The summed E-state index contributed by atoms with van der Waals surface area (Å²) in [4.78, 5) is 25.1. The Labute approximate surface area is 142 Å². The summed E-state index contributed by atoms with van der Waals surface area (Å²) in [5.41, 5.74) is -0.148. The summed E-state index contributed by atoms with van der Waals surface area (Å²) in [5, 5.41) is 12.3. The molecule has 2 rings (SSSR count). The molecule has 1 saturated heterocycles. The number of nitrogens with zero attached hydrogens (tertiary/aromatic N) is 1. The fourth-order valence-corrected chi connectivity index (χ4v) is 3.13. The molecule has 2 unspecified atom stereocenters. The average Bonchev–Trinajstić information content (AvgIpc) is 2.74. The van der Waals surface area contributed by atoms with Crippen molar-refractivity contribution in [3.63, 3.8) is 0 Å². The zero-order valence-corrected chi connectivity index (χ0v) is 14.7. The second-order valence-corrected chi connectivity index (χ2v) is 7.65. The number of hydrogen-bond donors (Lipinski definition) is 2. The monoisotopic (exact) mass is 334 g/mol. The van der Waals surface area contributed by atoms with E-state index in [1.54, 1.807) is 20.8 Å². The number of likely N-dealkylation sites (tertiary alicyclic amines) is 1. The van der Waals surface area contributed by atoms with Crippen molar-refractivity contribution in [3.05, 3.63) is 35.9 Å². The maximum Gasteiger partial charge on any atom is 0.408 e. The first kappa shape index (κ1) is 18.1. The molecule has 2 N–H and O–H groups in total. The molecular weight excluding hydrogens is 308 g/mol. The van der Waals surface area contributed by atoms with Crippen LogP contribution in [-0.4, -0.2) is 45.9 Å². The molecule has 1 aromatic carbocycles. The third-order valence-electron chi connectivity index (χ3n) is 4.01. The summed E-state index contributed by atoms with van der Waals surface area (Å²) in [6.45, 7) is 7.50. The SMILES string of the molecule is CC1(NC(=O)OC(C)(C)C)CC(Cc2ccccc2)N(C(=O)O)C1. The predicted molar refractivity (Wildman–Crippen MR) is 91.1 cm³/mol. The Morgan fingerprint density at radius 3 is 2.50 bits per heavy atom. The van der Waals surface area contributed by atoms with Crippen molar-refractivity contribution in [1.29, 1.82) is 0 Å². The largest absolute Gasteiger partial charge is 0.465 e. The normalized spacial score (nSPS) is 23.8. The number of carbonyl (C=O) groups excluding carboxylic acids is 1. The topological polar surface area (TPSA) is 78.9 Å². The Balaban J connectivity index is 2.08. The summed E-state index contributed by atoms with van der Waals surface area (Å²) in [6, 6.07) is 9.60. The number of carboxylic acid groups (broad SMARTS) is 1. The molecule has 1 aromatic rings. The lowest BCUT2D eigenvalue weighted by molar-refractivity contribution is 0.0465. The van der Waals surface area contributed by atoms with Crippen molar-refractivity contribution in [1.82, 2.24) is 10.2 Å². The lowest BCUT2D eigenvalue weighted by Crippen LogP contribution is -2.50. The van der Waals surface area contributed by atoms with E-state index >= 15 is 0 Å². The van der Waals surface area contributed by atoms with E-state index in [2.05, 4.69) is 5.32 Å². The van der Waals surface area contributed by atoms with Crippen molar-refractivity contribution in [3.8, 4) is 0 Å². The van der Waals surface area contributed by atoms with Crippen LogP contribution in [0.15, 0.2) is 30.3 Å². The zero-order valence-electron chi connectivity index (χ0n) is 14.7. The van der Waals surface area contributed by atoms with E-state index in [9.17, 15) is 14.7 Å². The average molecular weight is 334 g/mol. The Morgan fingerprint density at radius 1 is 1.33 bits per heavy atom. The second-order valence-electron chi connectivity index (χ2n) is 7.65. The predicted octanol–water partition coefficient (Wildman–Crippen LogP) is 3.26. The maximum absolute atomic E-state index is 12.1. The van der Waals surface area contributed by atoms with Crippen molar-refractivity contribution >= 4 is 12.2 Å². The fraction of sp³-hybridized carbons (Fsp3) is 0.556. The molecule has 6 heteroatoms. The highest BCUT2D eigenvalue weighted by atomic mass is 16.6. The van der Waals surface area contributed by atoms with Gasteiger partial charge in [-0.3, -0.25) is 0 Å². The molecule has 2 amide bonds. The van der Waals surface area contributed by atoms with Crippen LogP contribution in [0.3, 0.4) is 0 Å². The number of nitrogens with one attached hydrogen (secondary N) is 1. The summed E-state index contributed by atoms with van der Waals surface area (Å²) >= 11 is 0. The van der Waals surface area contributed by atoms with Gasteiger partial charge >= 0.3 is 12.2 Å². The molecule has 1 aliphatic rings. The number of amides is 2. The molecule has 1 heterocycles. The highest BCUT2D eigenvalue weighted by molar-refractivity contribution is 5.70. The van der Waals surface area contributed by atoms with Crippen LogP contribution in [0, 0.1) is 0 Å². The van der Waals surface area contributed by atoms with E-state index in [1.807, 2.05) is 37.3 Å². The standard InChI is InChI=1S/C18H26N2O4/c1-17(2,3)24-15(21)19-18(4)11-14(20(12-18)16(22)23)10-13-8-6-5-7-9-13/h5-9,14H,10-12H2,1-4H3,(H,19,21)(H,22,23). The third kappa shape index (κ3) is 4.88. The quantitative estimate of drug-likeness (QED) is 0.889. The molecule has 0 aliphatic carbocycles. The molecule has 0 saturated carbocycles. The van der Waals surface area contributed by atoms with Gasteiger partial charge in [-0.1, -0.05) is 30.3 Å². The van der Waals surface area contributed by atoms with Crippen LogP contribution in [0.2, 0.25) is 0 Å². The minimum Gasteiger partial charge on any atom is -0.465 e. The Kier molecular flexibility index (Phi) is 5.06. The summed E-state index contributed by atoms with van der Waals surface area (Å²) in [7, 11) is 0. The smallest absolute Gasteiger partial charge is 0.408 e. The molecule has 0 bridgehead atoms. The van der Waals surface area contributed by atoms with Crippen molar-refractivity contribution in [2.24, 2.45) is 0 Å². The van der Waals surface area contributed by atoms with E-state index in [-0.39, 0.29) is 12.6 Å². The molecule has 6 nitrogen and oxygen atoms in total. The van der Waals surface area contributed by atoms with Crippen LogP contribution in [0.4, 0.5) is 9.59 Å². The van der Waals surface area contributed by atoms with Gasteiger partial charge in [0.1, 0.15) is 5.60 Å². The van der Waals surface area contributed by atoms with Gasteiger partial charge in [-0.25, -0.2) is 9.59 Å². The Hall–Kier alpha value is -2.24. The maximum atomic E-state index is 12.1. The molecule has 1 aliphatic heterocycles. The number of rotatable bonds is 3. The van der Waals surface area contributed by atoms with Gasteiger partial charge in [-0.05, 0) is 46.1 Å². The van der Waals surface area contributed by atoms with E-state index in [0.29, 0.717) is 12.8 Å². The first-order valence-corrected chi connectivity index (χ1v) is 8.13. The Morgan fingerprint density at radius 2 is 1.96 bits per heavy atom. The lowest BCUT2D eigenvalue weighted by atomic mass is 9.95. The van der Waals surface area contributed by atoms with Gasteiger partial charge in [0.25, 0.3) is 0 Å². The number of benzene rings is 1. The van der Waals surface area contributed by atoms with E-state index in [4.69, 9.17) is 4.74 Å². The molecule has 0 spiro atoms. The van der Waals surface area contributed by atoms with Crippen LogP contribution in [-0.2, 0) is 11.2 Å². The molecule has 24 heavy (non-hydrogen) atoms. The molecule has 2 atom stereocenters. The minimum atomic E-state index is -0.967. The van der Waals surface area contributed by atoms with E-state index < -0.39 is 23.3 Å². The van der Waals surface area contributed by atoms with E-state index in [0.717, 1.165) is 5.56 Å². The van der Waals surface area contributed by atoms with Crippen LogP contribution in [0.1, 0.15) is 39.7 Å². The summed E-state index contributed by atoms with van der Waals surface area (Å²) in [6.07, 6.45) is -0.312. The van der Waals surface area contributed by atoms with Crippen LogP contribution in [0.5, 0.6) is 0 Å². The van der Waals surface area contributed by atoms with Gasteiger partial charge in [0.15, 0.2) is 0 Å². The van der Waals surface area contributed by atoms with Gasteiger partial charge in [-0.15, -0.1) is 0 Å². The second kappa shape index (κ2) is 6.71. The highest BCUT2D eigenvalue weighted by Crippen LogP contribution is 2.29. The van der Waals surface area contributed by atoms with Gasteiger partial charge in [-0.2, -0.15) is 0 Å². The first-order valence-electron chi connectivity index (χ1n) is 8.13. The number of hydrogen-bond acceptors (Lipinski definition) is 3. The molecule has 0 aromatic heterocycles. The zero-order chi connectivity index (χ0) is 18.0. The van der Waals surface area contributed by atoms with Crippen molar-refractivity contribution in [2.75, 3.05) is 6.54 Å². The fourth-order valence-electron chi connectivity index (χ4n) is 3.13. The van der Waals surface area contributed by atoms with Crippen molar-refractivity contribution < 1.29 is 19.4 Å². The Bertz CT molecular complexity index is 597. The third-order valence-corrected chi connectivity index (χ3v) is 4.01. The number of alkyl carbamates (subject to hydrolysis) is 1. The highest BCUT2D eigenvalue weighted by Gasteiger charge is 2.44. The lowest BCUT2D eigenvalue weighted by Gasteiger charge is -2.28. The van der Waals surface area contributed by atoms with Crippen LogP contribution >= 0.6 is 0 Å². The van der Waals surface area contributed by atoms with Gasteiger partial charge in [0.2, 0.25) is 0 Å². The van der Waals surface area contributed by atoms with Crippen molar-refractivity contribution in [2.45, 2.75) is 57.7 Å². The van der Waals surface area contributed by atoms with Crippen LogP contribution < -0.4 is 5.32 Å². The van der Waals surface area contributed by atoms with Crippen LogP contribution in [0.25, 0.3) is 0 Å². The van der Waals surface area contributed by atoms with E-state index in [1.165, 1.54) is 4.90 Å². The minimum absolute atomic E-state index is 0.176. The van der Waals surface area contributed by atoms with Gasteiger partial charge in [0, 0.05) is 12.6 Å². The molecule has 0 radical (unpaired) electrons. The number of carbonyl (C=O) groups is 2. The summed E-state index contributed by atoms with van der Waals surface area (Å²) < 4.78 is 5.30. The van der Waals surface area contributed by atoms with Gasteiger partial charge in [0.05, 0.1) is 5.54 Å². The van der Waals surface area contributed by atoms with Gasteiger partial charge < -0.3 is 20.1 Å².